The first-order chi connectivity index (χ1) is 10.8. The molecule has 2 N–H and O–H groups in total. The molecular weight excluding hydrogens is 302 g/mol. The zero-order valence-electron chi connectivity index (χ0n) is 14.1. The number of nitrogens with zero attached hydrogens (tertiary/aromatic N) is 1. The van der Waals surface area contributed by atoms with E-state index in [4.69, 9.17) is 14.2 Å². The lowest BCUT2D eigenvalue weighted by molar-refractivity contribution is -0.181. The number of piperidine rings is 1. The Morgan fingerprint density at radius 2 is 1.65 bits per heavy atom. The molecular formula is C15H27N3O5. The second-order valence-electron chi connectivity index (χ2n) is 6.76. The molecule has 132 valence electrons. The standard InChI is InChI=1S/C15H27N3O5/c1-14(2,3)23-13(20)17-7-6-16-12(19)18-8-4-15(5-9-18)21-10-11-22-15/h4-11H2,1-3H3,(H,16,19)(H,17,20). The first kappa shape index (κ1) is 17.8. The summed E-state index contributed by atoms with van der Waals surface area (Å²) in [6.07, 6.45) is 0.898. The molecule has 0 aromatic heterocycles. The van der Waals surface area contributed by atoms with Gasteiger partial charge >= 0.3 is 12.1 Å². The number of hydrogen-bond donors (Lipinski definition) is 2. The number of urea groups is 1. The normalized spacial score (nSPS) is 20.4. The lowest BCUT2D eigenvalue weighted by Crippen LogP contribution is -2.51. The Morgan fingerprint density at radius 1 is 1.09 bits per heavy atom. The number of alkyl carbamates (subject to hydrolysis) is 1. The Balaban J connectivity index is 1.59. The number of nitrogens with one attached hydrogen (secondary N) is 2. The first-order valence-corrected chi connectivity index (χ1v) is 8.07. The van der Waals surface area contributed by atoms with Crippen LogP contribution in [0.2, 0.25) is 0 Å². The topological polar surface area (TPSA) is 89.1 Å². The van der Waals surface area contributed by atoms with E-state index in [1.807, 2.05) is 0 Å². The molecule has 0 aromatic carbocycles. The molecule has 8 heteroatoms. The molecule has 2 rings (SSSR count). The molecule has 0 aliphatic carbocycles. The molecule has 1 spiro atoms. The summed E-state index contributed by atoms with van der Waals surface area (Å²) in [5, 5.41) is 5.39. The number of hydrogen-bond acceptors (Lipinski definition) is 5. The first-order valence-electron chi connectivity index (χ1n) is 8.07. The van der Waals surface area contributed by atoms with Gasteiger partial charge in [-0.15, -0.1) is 0 Å². The highest BCUT2D eigenvalue weighted by molar-refractivity contribution is 5.74. The van der Waals surface area contributed by atoms with Crippen molar-refractivity contribution in [3.8, 4) is 0 Å². The van der Waals surface area contributed by atoms with Crippen LogP contribution < -0.4 is 10.6 Å². The fraction of sp³-hybridized carbons (Fsp3) is 0.867. The third-order valence-electron chi connectivity index (χ3n) is 3.70. The van der Waals surface area contributed by atoms with E-state index in [1.54, 1.807) is 25.7 Å². The summed E-state index contributed by atoms with van der Waals surface area (Å²) in [5.41, 5.74) is -0.526. The number of carbonyl (C=O) groups excluding carboxylic acids is 2. The Morgan fingerprint density at radius 3 is 2.22 bits per heavy atom. The predicted octanol–water partition coefficient (Wildman–Crippen LogP) is 1.06. The van der Waals surface area contributed by atoms with Crippen LogP contribution in [0.3, 0.4) is 0 Å². The third kappa shape index (κ3) is 5.54. The lowest BCUT2D eigenvalue weighted by atomic mass is 10.0. The van der Waals surface area contributed by atoms with Crippen molar-refractivity contribution < 1.29 is 23.8 Å². The van der Waals surface area contributed by atoms with Crippen molar-refractivity contribution in [3.05, 3.63) is 0 Å². The smallest absolute Gasteiger partial charge is 0.407 e. The molecule has 3 amide bonds. The average molecular weight is 329 g/mol. The largest absolute Gasteiger partial charge is 0.444 e. The van der Waals surface area contributed by atoms with Crippen LogP contribution in [-0.2, 0) is 14.2 Å². The maximum Gasteiger partial charge on any atom is 0.407 e. The van der Waals surface area contributed by atoms with Crippen LogP contribution in [0.1, 0.15) is 33.6 Å². The van der Waals surface area contributed by atoms with Crippen molar-refractivity contribution in [1.82, 2.24) is 15.5 Å². The second-order valence-corrected chi connectivity index (χ2v) is 6.76. The average Bonchev–Trinajstić information content (AvgIpc) is 2.90. The molecule has 8 nitrogen and oxygen atoms in total. The van der Waals surface area contributed by atoms with E-state index in [0.717, 1.165) is 0 Å². The Labute approximate surface area is 136 Å². The molecule has 0 bridgehead atoms. The van der Waals surface area contributed by atoms with Crippen LogP contribution in [0.4, 0.5) is 9.59 Å². The minimum absolute atomic E-state index is 0.135. The third-order valence-corrected chi connectivity index (χ3v) is 3.70. The van der Waals surface area contributed by atoms with Crippen molar-refractivity contribution in [2.24, 2.45) is 0 Å². The number of ether oxygens (including phenoxy) is 3. The van der Waals surface area contributed by atoms with Crippen molar-refractivity contribution in [2.45, 2.75) is 45.0 Å². The highest BCUT2D eigenvalue weighted by Gasteiger charge is 2.40. The lowest BCUT2D eigenvalue weighted by Gasteiger charge is -2.37. The van der Waals surface area contributed by atoms with Gasteiger partial charge in [-0.05, 0) is 20.8 Å². The molecule has 0 radical (unpaired) electrons. The zero-order chi connectivity index (χ0) is 16.9. The summed E-state index contributed by atoms with van der Waals surface area (Å²) in [5.74, 6) is -0.477. The van der Waals surface area contributed by atoms with Crippen LogP contribution >= 0.6 is 0 Å². The quantitative estimate of drug-likeness (QED) is 0.756. The van der Waals surface area contributed by atoms with Crippen LogP contribution in [0, 0.1) is 0 Å². The van der Waals surface area contributed by atoms with Crippen LogP contribution in [-0.4, -0.2) is 67.8 Å². The van der Waals surface area contributed by atoms with Crippen molar-refractivity contribution in [3.63, 3.8) is 0 Å². The maximum absolute atomic E-state index is 12.1. The molecule has 0 atom stereocenters. The Bertz CT molecular complexity index is 419. The van der Waals surface area contributed by atoms with Crippen molar-refractivity contribution in [2.75, 3.05) is 39.4 Å². The van der Waals surface area contributed by atoms with Gasteiger partial charge in [-0.25, -0.2) is 9.59 Å². The Kier molecular flexibility index (Phi) is 5.69. The minimum Gasteiger partial charge on any atom is -0.444 e. The molecule has 0 aromatic rings. The zero-order valence-corrected chi connectivity index (χ0v) is 14.1. The molecule has 0 unspecified atom stereocenters. The van der Waals surface area contributed by atoms with Gasteiger partial charge in [-0.2, -0.15) is 0 Å². The van der Waals surface area contributed by atoms with E-state index >= 15 is 0 Å². The van der Waals surface area contributed by atoms with E-state index in [2.05, 4.69) is 10.6 Å². The molecule has 2 heterocycles. The van der Waals surface area contributed by atoms with E-state index in [0.29, 0.717) is 52.2 Å². The molecule has 2 fully saturated rings. The Hall–Kier alpha value is -1.54. The second kappa shape index (κ2) is 7.35. The van der Waals surface area contributed by atoms with E-state index in [9.17, 15) is 9.59 Å². The van der Waals surface area contributed by atoms with E-state index < -0.39 is 17.5 Å². The monoisotopic (exact) mass is 329 g/mol. The van der Waals surface area contributed by atoms with Gasteiger partial charge in [0.1, 0.15) is 5.60 Å². The van der Waals surface area contributed by atoms with Gasteiger partial charge in [0.2, 0.25) is 0 Å². The van der Waals surface area contributed by atoms with Crippen LogP contribution in [0.25, 0.3) is 0 Å². The van der Waals surface area contributed by atoms with Gasteiger partial charge in [0, 0.05) is 39.0 Å². The van der Waals surface area contributed by atoms with E-state index in [1.165, 1.54) is 0 Å². The fourth-order valence-electron chi connectivity index (χ4n) is 2.60. The van der Waals surface area contributed by atoms with Crippen LogP contribution in [0.5, 0.6) is 0 Å². The molecule has 0 saturated carbocycles. The van der Waals surface area contributed by atoms with Gasteiger partial charge in [-0.1, -0.05) is 0 Å². The summed E-state index contributed by atoms with van der Waals surface area (Å²) < 4.78 is 16.4. The maximum atomic E-state index is 12.1. The molecule has 2 saturated heterocycles. The summed E-state index contributed by atoms with van der Waals surface area (Å²) in [7, 11) is 0. The highest BCUT2D eigenvalue weighted by atomic mass is 16.7. The van der Waals surface area contributed by atoms with Crippen molar-refractivity contribution >= 4 is 12.1 Å². The summed E-state index contributed by atoms with van der Waals surface area (Å²) in [6.45, 7) is 8.54. The van der Waals surface area contributed by atoms with Gasteiger partial charge in [0.25, 0.3) is 0 Å². The highest BCUT2D eigenvalue weighted by Crippen LogP contribution is 2.31. The molecule has 23 heavy (non-hydrogen) atoms. The van der Waals surface area contributed by atoms with E-state index in [-0.39, 0.29) is 6.03 Å². The molecule has 2 aliphatic heterocycles. The van der Waals surface area contributed by atoms with Gasteiger partial charge in [0.05, 0.1) is 13.2 Å². The summed E-state index contributed by atoms with van der Waals surface area (Å²) in [4.78, 5) is 25.3. The molecule has 2 aliphatic rings. The predicted molar refractivity (Wildman–Crippen MR) is 83.1 cm³/mol. The number of carbonyl (C=O) groups is 2. The van der Waals surface area contributed by atoms with Gasteiger partial charge in [0.15, 0.2) is 5.79 Å². The van der Waals surface area contributed by atoms with Crippen LogP contribution in [0.15, 0.2) is 0 Å². The fourth-order valence-corrected chi connectivity index (χ4v) is 2.60. The van der Waals surface area contributed by atoms with Crippen molar-refractivity contribution in [1.29, 1.82) is 0 Å². The van der Waals surface area contributed by atoms with Gasteiger partial charge in [-0.3, -0.25) is 0 Å². The SMILES string of the molecule is CC(C)(C)OC(=O)NCCNC(=O)N1CCC2(CC1)OCCO2. The number of rotatable bonds is 3. The number of likely N-dealkylation sites (tertiary alicyclic amines) is 1. The summed E-state index contributed by atoms with van der Waals surface area (Å²) in [6, 6.07) is -0.135. The number of amides is 3. The van der Waals surface area contributed by atoms with Gasteiger partial charge < -0.3 is 29.7 Å². The summed E-state index contributed by atoms with van der Waals surface area (Å²) >= 11 is 0. The minimum atomic E-state index is -0.526.